The van der Waals surface area contributed by atoms with Crippen molar-refractivity contribution >= 4 is 34.9 Å². The predicted molar refractivity (Wildman–Crippen MR) is 109 cm³/mol. The highest BCUT2D eigenvalue weighted by atomic mass is 35.5. The molecule has 2 aromatic carbocycles. The van der Waals surface area contributed by atoms with Gasteiger partial charge < -0.3 is 10.6 Å². The summed E-state index contributed by atoms with van der Waals surface area (Å²) in [7, 11) is 0. The number of nitrogens with one attached hydrogen (secondary N) is 2. The number of halogens is 4. The van der Waals surface area contributed by atoms with Gasteiger partial charge in [0.2, 0.25) is 11.8 Å². The Balaban J connectivity index is 1.61. The molecule has 2 N–H and O–H groups in total. The summed E-state index contributed by atoms with van der Waals surface area (Å²) in [6.45, 7) is 1.71. The second kappa shape index (κ2) is 6.80. The Bertz CT molecular complexity index is 1270. The average molecular weight is 462 g/mol. The molecule has 2 atom stereocenters. The first kappa shape index (κ1) is 20.5. The number of hydrogen-bond donors (Lipinski definition) is 2. The molecule has 164 valence electrons. The number of alkyl halides is 3. The quantitative estimate of drug-likeness (QED) is 0.600. The molecule has 2 unspecified atom stereocenters. The first-order valence-electron chi connectivity index (χ1n) is 9.65. The molecule has 0 bridgehead atoms. The van der Waals surface area contributed by atoms with Gasteiger partial charge in [0.25, 0.3) is 0 Å². The fourth-order valence-electron chi connectivity index (χ4n) is 4.30. The molecular weight excluding hydrogens is 447 g/mol. The van der Waals surface area contributed by atoms with E-state index in [0.29, 0.717) is 21.8 Å². The molecule has 0 saturated carbocycles. The number of rotatable bonds is 2. The van der Waals surface area contributed by atoms with Crippen molar-refractivity contribution < 1.29 is 22.8 Å². The van der Waals surface area contributed by atoms with Gasteiger partial charge >= 0.3 is 6.18 Å². The molecule has 0 aliphatic carbocycles. The van der Waals surface area contributed by atoms with Gasteiger partial charge in [-0.1, -0.05) is 28.9 Å². The van der Waals surface area contributed by atoms with Crippen molar-refractivity contribution in [1.82, 2.24) is 15.0 Å². The molecular formula is C21H15ClF3N5O2. The second-order valence-electron chi connectivity index (χ2n) is 7.80. The number of amides is 2. The van der Waals surface area contributed by atoms with Crippen LogP contribution in [0.5, 0.6) is 0 Å². The van der Waals surface area contributed by atoms with Crippen LogP contribution in [-0.2, 0) is 21.2 Å². The van der Waals surface area contributed by atoms with Crippen molar-refractivity contribution in [3.63, 3.8) is 0 Å². The van der Waals surface area contributed by atoms with Crippen molar-refractivity contribution in [2.75, 3.05) is 10.6 Å². The Morgan fingerprint density at radius 2 is 1.84 bits per heavy atom. The van der Waals surface area contributed by atoms with Crippen molar-refractivity contribution in [3.05, 3.63) is 69.9 Å². The van der Waals surface area contributed by atoms with Crippen LogP contribution in [0.4, 0.5) is 24.7 Å². The zero-order chi connectivity index (χ0) is 22.8. The third-order valence-corrected chi connectivity index (χ3v) is 6.18. The molecule has 0 radical (unpaired) electrons. The summed E-state index contributed by atoms with van der Waals surface area (Å²) in [6, 6.07) is 9.01. The molecule has 1 aromatic heterocycles. The van der Waals surface area contributed by atoms with Crippen molar-refractivity contribution in [3.8, 4) is 0 Å². The molecule has 7 nitrogen and oxygen atoms in total. The van der Waals surface area contributed by atoms with E-state index in [9.17, 15) is 22.8 Å². The minimum absolute atomic E-state index is 0.174. The number of hydrogen-bond acceptors (Lipinski definition) is 4. The first-order chi connectivity index (χ1) is 15.1. The molecule has 2 aliphatic heterocycles. The van der Waals surface area contributed by atoms with Crippen LogP contribution >= 0.6 is 11.6 Å². The molecule has 3 aromatic rings. The summed E-state index contributed by atoms with van der Waals surface area (Å²) >= 11 is 6.16. The van der Waals surface area contributed by atoms with Gasteiger partial charge in [-0.2, -0.15) is 13.2 Å². The minimum Gasteiger partial charge on any atom is -0.325 e. The predicted octanol–water partition coefficient (Wildman–Crippen LogP) is 4.14. The number of aromatic nitrogens is 3. The molecule has 32 heavy (non-hydrogen) atoms. The smallest absolute Gasteiger partial charge is 0.325 e. The summed E-state index contributed by atoms with van der Waals surface area (Å²) in [4.78, 5) is 25.8. The number of fused-ring (bicyclic) bond motifs is 4. The van der Waals surface area contributed by atoms with E-state index in [1.807, 2.05) is 0 Å². The third kappa shape index (κ3) is 2.89. The van der Waals surface area contributed by atoms with Crippen LogP contribution in [0, 0.1) is 0 Å². The minimum atomic E-state index is -4.45. The zero-order valence-electron chi connectivity index (χ0n) is 16.5. The van der Waals surface area contributed by atoms with E-state index in [2.05, 4.69) is 20.9 Å². The first-order valence-corrected chi connectivity index (χ1v) is 10.0. The van der Waals surface area contributed by atoms with Crippen LogP contribution in [0.3, 0.4) is 0 Å². The molecule has 1 spiro atoms. The highest BCUT2D eigenvalue weighted by Gasteiger charge is 2.56. The van der Waals surface area contributed by atoms with E-state index in [0.717, 1.165) is 12.1 Å². The number of nitrogens with zero attached hydrogens (tertiary/aromatic N) is 3. The van der Waals surface area contributed by atoms with Gasteiger partial charge in [-0.15, -0.1) is 5.10 Å². The number of benzene rings is 2. The van der Waals surface area contributed by atoms with Crippen molar-refractivity contribution in [2.45, 2.75) is 31.0 Å². The third-order valence-electron chi connectivity index (χ3n) is 5.95. The summed E-state index contributed by atoms with van der Waals surface area (Å²) in [5, 5.41) is 14.3. The SMILES string of the molecule is CC(c1ccc(C(F)(F)F)cc1)n1nnc2c1NC(=O)CC21C(=O)Nc2ccc(Cl)cc21. The highest BCUT2D eigenvalue weighted by Crippen LogP contribution is 2.50. The maximum absolute atomic E-state index is 13.1. The normalized spacial score (nSPS) is 20.5. The fraction of sp³-hybridized carbons (Fsp3) is 0.238. The van der Waals surface area contributed by atoms with Crippen LogP contribution in [0.1, 0.15) is 41.8 Å². The van der Waals surface area contributed by atoms with E-state index in [-0.39, 0.29) is 17.9 Å². The molecule has 11 heteroatoms. The maximum atomic E-state index is 13.1. The van der Waals surface area contributed by atoms with E-state index in [1.165, 1.54) is 16.8 Å². The summed E-state index contributed by atoms with van der Waals surface area (Å²) in [5.41, 5.74) is -0.313. The Kier molecular flexibility index (Phi) is 4.35. The van der Waals surface area contributed by atoms with Crippen LogP contribution < -0.4 is 10.6 Å². The average Bonchev–Trinajstić information content (AvgIpc) is 3.27. The standard InChI is InChI=1S/C21H15ClF3N5O2/c1-10(11-2-4-12(5-3-11)21(23,24)25)30-18-17(28-29-30)20(9-16(31)27-18)14-8-13(22)6-7-15(14)26-19(20)32/h2-8,10H,9H2,1H3,(H,26,32)(H,27,31). The molecule has 2 aliphatic rings. The van der Waals surface area contributed by atoms with E-state index < -0.39 is 35.0 Å². The second-order valence-corrected chi connectivity index (χ2v) is 8.24. The van der Waals surface area contributed by atoms with Crippen LogP contribution in [0.2, 0.25) is 5.02 Å². The Labute approximate surface area is 184 Å². The van der Waals surface area contributed by atoms with Gasteiger partial charge in [0.05, 0.1) is 18.0 Å². The number of anilines is 2. The lowest BCUT2D eigenvalue weighted by Gasteiger charge is -2.30. The molecule has 3 heterocycles. The Hall–Kier alpha value is -3.40. The summed E-state index contributed by atoms with van der Waals surface area (Å²) < 4.78 is 40.1. The van der Waals surface area contributed by atoms with Gasteiger partial charge in [-0.05, 0) is 48.4 Å². The highest BCUT2D eigenvalue weighted by molar-refractivity contribution is 6.31. The monoisotopic (exact) mass is 461 g/mol. The summed E-state index contributed by atoms with van der Waals surface area (Å²) in [5.74, 6) is -0.611. The largest absolute Gasteiger partial charge is 0.416 e. The van der Waals surface area contributed by atoms with Gasteiger partial charge in [0.1, 0.15) is 11.1 Å². The zero-order valence-corrected chi connectivity index (χ0v) is 17.3. The lowest BCUT2D eigenvalue weighted by molar-refractivity contribution is -0.137. The molecule has 0 saturated heterocycles. The fourth-order valence-corrected chi connectivity index (χ4v) is 4.47. The lowest BCUT2D eigenvalue weighted by Crippen LogP contribution is -2.44. The van der Waals surface area contributed by atoms with Crippen LogP contribution in [-0.4, -0.2) is 26.8 Å². The van der Waals surface area contributed by atoms with E-state index >= 15 is 0 Å². The molecule has 5 rings (SSSR count). The van der Waals surface area contributed by atoms with Crippen LogP contribution in [0.15, 0.2) is 42.5 Å². The van der Waals surface area contributed by atoms with Gasteiger partial charge in [-0.25, -0.2) is 4.68 Å². The van der Waals surface area contributed by atoms with E-state index in [1.54, 1.807) is 25.1 Å². The van der Waals surface area contributed by atoms with Crippen LogP contribution in [0.25, 0.3) is 0 Å². The van der Waals surface area contributed by atoms with E-state index in [4.69, 9.17) is 11.6 Å². The Morgan fingerprint density at radius 1 is 1.12 bits per heavy atom. The lowest BCUT2D eigenvalue weighted by atomic mass is 9.74. The number of carbonyl (C=O) groups excluding carboxylic acids is 2. The molecule has 0 fully saturated rings. The summed E-state index contributed by atoms with van der Waals surface area (Å²) in [6.07, 6.45) is -4.62. The van der Waals surface area contributed by atoms with Crippen molar-refractivity contribution in [1.29, 1.82) is 0 Å². The van der Waals surface area contributed by atoms with Gasteiger partial charge in [-0.3, -0.25) is 9.59 Å². The Morgan fingerprint density at radius 3 is 2.53 bits per heavy atom. The van der Waals surface area contributed by atoms with Gasteiger partial charge in [0.15, 0.2) is 5.82 Å². The van der Waals surface area contributed by atoms with Gasteiger partial charge in [0, 0.05) is 10.7 Å². The topological polar surface area (TPSA) is 88.9 Å². The van der Waals surface area contributed by atoms with Crippen molar-refractivity contribution in [2.24, 2.45) is 0 Å². The maximum Gasteiger partial charge on any atom is 0.416 e. The molecule has 2 amide bonds. The number of carbonyl (C=O) groups is 2.